The largest absolute Gasteiger partial charge is 0.454 e. The molecular weight excluding hydrogens is 459 g/mol. The summed E-state index contributed by atoms with van der Waals surface area (Å²) in [7, 11) is 0. The quantitative estimate of drug-likeness (QED) is 0.536. The van der Waals surface area contributed by atoms with Crippen molar-refractivity contribution in [3.63, 3.8) is 0 Å². The molecule has 0 radical (unpaired) electrons. The number of nitrogens with zero attached hydrogens (tertiary/aromatic N) is 1. The van der Waals surface area contributed by atoms with Crippen LogP contribution in [0.4, 0.5) is 10.1 Å². The molecule has 35 heavy (non-hydrogen) atoms. The van der Waals surface area contributed by atoms with Crippen molar-refractivity contribution in [2.75, 3.05) is 12.1 Å². The number of nitrogens with two attached hydrogens (primary N) is 1. The molecule has 0 aromatic heterocycles. The van der Waals surface area contributed by atoms with Crippen LogP contribution in [0.5, 0.6) is 11.5 Å². The molecule has 2 aromatic carbocycles. The number of carbonyl (C=O) groups is 4. The van der Waals surface area contributed by atoms with Gasteiger partial charge in [-0.25, -0.2) is 4.39 Å². The van der Waals surface area contributed by atoms with E-state index >= 15 is 0 Å². The van der Waals surface area contributed by atoms with Crippen LogP contribution in [-0.2, 0) is 31.3 Å². The molecule has 4 N–H and O–H groups in total. The number of hydrogen-bond acceptors (Lipinski definition) is 7. The van der Waals surface area contributed by atoms with Crippen molar-refractivity contribution >= 4 is 29.3 Å². The summed E-state index contributed by atoms with van der Waals surface area (Å²) in [5, 5.41) is 5.86. The maximum Gasteiger partial charge on any atom is 0.250 e. The number of primary amides is 1. The van der Waals surface area contributed by atoms with Crippen LogP contribution in [0.1, 0.15) is 24.0 Å². The molecule has 4 aliphatic heterocycles. The molecule has 4 atom stereocenters. The van der Waals surface area contributed by atoms with Crippen molar-refractivity contribution in [2.24, 2.45) is 17.6 Å². The molecule has 0 bridgehead atoms. The molecule has 180 valence electrons. The van der Waals surface area contributed by atoms with Crippen LogP contribution in [0.25, 0.3) is 0 Å². The number of imide groups is 1. The van der Waals surface area contributed by atoms with Gasteiger partial charge in [0.25, 0.3) is 0 Å². The zero-order valence-corrected chi connectivity index (χ0v) is 18.4. The lowest BCUT2D eigenvalue weighted by atomic mass is 9.76. The maximum atomic E-state index is 14.3. The van der Waals surface area contributed by atoms with E-state index in [2.05, 4.69) is 10.6 Å². The summed E-state index contributed by atoms with van der Waals surface area (Å²) < 4.78 is 25.0. The van der Waals surface area contributed by atoms with Gasteiger partial charge in [0.05, 0.1) is 18.4 Å². The van der Waals surface area contributed by atoms with Crippen molar-refractivity contribution < 1.29 is 33.0 Å². The molecular formula is C24H21FN4O6. The Morgan fingerprint density at radius 2 is 1.91 bits per heavy atom. The van der Waals surface area contributed by atoms with E-state index in [0.717, 1.165) is 4.90 Å². The molecule has 0 aliphatic carbocycles. The molecule has 6 rings (SSSR count). The number of anilines is 1. The first-order valence-electron chi connectivity index (χ1n) is 11.2. The highest BCUT2D eigenvalue weighted by molar-refractivity contribution is 6.15. The molecule has 2 fully saturated rings. The number of amides is 4. The van der Waals surface area contributed by atoms with Gasteiger partial charge in [0.1, 0.15) is 11.4 Å². The standard InChI is InChI=1S/C24H21FN4O6/c25-12-2-3-14-13(8-12)24(23(33)27-14)20-19(15(28-24)4-6-18(26)30)21(31)29(22(20)32)9-11-1-5-16-17(7-11)35-10-34-16/h1-3,5,7-8,15,19-20,28H,4,6,9-10H2,(H2,26,30)(H,27,33)/t15-,19-,20+,24-/m1/s1. The summed E-state index contributed by atoms with van der Waals surface area (Å²) in [6.45, 7) is 0.0584. The van der Waals surface area contributed by atoms with Crippen LogP contribution in [0, 0.1) is 17.7 Å². The highest BCUT2D eigenvalue weighted by atomic mass is 19.1. The Morgan fingerprint density at radius 3 is 2.71 bits per heavy atom. The summed E-state index contributed by atoms with van der Waals surface area (Å²) in [5.41, 5.74) is 4.98. The van der Waals surface area contributed by atoms with Crippen LogP contribution >= 0.6 is 0 Å². The minimum absolute atomic E-state index is 0.0302. The molecule has 0 saturated carbocycles. The van der Waals surface area contributed by atoms with Gasteiger partial charge in [-0.1, -0.05) is 6.07 Å². The van der Waals surface area contributed by atoms with E-state index in [-0.39, 0.29) is 31.7 Å². The Balaban J connectivity index is 1.40. The molecule has 4 aliphatic rings. The second-order valence-electron chi connectivity index (χ2n) is 9.16. The summed E-state index contributed by atoms with van der Waals surface area (Å²) >= 11 is 0. The van der Waals surface area contributed by atoms with Gasteiger partial charge in [-0.3, -0.25) is 29.4 Å². The number of rotatable bonds is 5. The van der Waals surface area contributed by atoms with E-state index in [1.165, 1.54) is 18.2 Å². The number of ether oxygens (including phenoxy) is 2. The van der Waals surface area contributed by atoms with Crippen LogP contribution in [0.15, 0.2) is 36.4 Å². The number of fused-ring (bicyclic) bond motifs is 5. The molecule has 4 amide bonds. The van der Waals surface area contributed by atoms with Crippen molar-refractivity contribution in [3.8, 4) is 11.5 Å². The number of likely N-dealkylation sites (tertiary alicyclic amines) is 1. The molecule has 2 saturated heterocycles. The molecule has 11 heteroatoms. The summed E-state index contributed by atoms with van der Waals surface area (Å²) in [4.78, 5) is 53.3. The first kappa shape index (κ1) is 21.5. The topological polar surface area (TPSA) is 140 Å². The number of halogens is 1. The first-order valence-corrected chi connectivity index (χ1v) is 11.2. The van der Waals surface area contributed by atoms with Gasteiger partial charge in [0, 0.05) is 23.7 Å². The maximum absolute atomic E-state index is 14.3. The van der Waals surface area contributed by atoms with E-state index in [9.17, 15) is 23.6 Å². The highest BCUT2D eigenvalue weighted by Gasteiger charge is 2.70. The van der Waals surface area contributed by atoms with Gasteiger partial charge in [-0.15, -0.1) is 0 Å². The SMILES string of the molecule is NC(=O)CC[C@H]1N[C@@]2(C(=O)Nc3ccc(F)cc32)[C@@H]2C(=O)N(Cc3ccc4c(c3)OCO4)C(=O)[C@@H]21. The molecule has 2 aromatic rings. The highest BCUT2D eigenvalue weighted by Crippen LogP contribution is 2.53. The smallest absolute Gasteiger partial charge is 0.250 e. The lowest BCUT2D eigenvalue weighted by Gasteiger charge is -2.29. The summed E-state index contributed by atoms with van der Waals surface area (Å²) in [5.74, 6) is -3.64. The zero-order valence-electron chi connectivity index (χ0n) is 18.4. The van der Waals surface area contributed by atoms with E-state index in [1.54, 1.807) is 18.2 Å². The monoisotopic (exact) mass is 480 g/mol. The van der Waals surface area contributed by atoms with Gasteiger partial charge in [-0.2, -0.15) is 0 Å². The fourth-order valence-corrected chi connectivity index (χ4v) is 5.76. The number of nitrogens with one attached hydrogen (secondary N) is 2. The average Bonchev–Trinajstić information content (AvgIpc) is 3.55. The lowest BCUT2D eigenvalue weighted by Crippen LogP contribution is -2.53. The molecule has 1 spiro atoms. The van der Waals surface area contributed by atoms with Crippen molar-refractivity contribution in [2.45, 2.75) is 31.0 Å². The van der Waals surface area contributed by atoms with Crippen molar-refractivity contribution in [1.29, 1.82) is 0 Å². The van der Waals surface area contributed by atoms with E-state index in [0.29, 0.717) is 22.7 Å². The second kappa shape index (κ2) is 7.51. The van der Waals surface area contributed by atoms with E-state index < -0.39 is 52.9 Å². The fourth-order valence-electron chi connectivity index (χ4n) is 5.76. The fraction of sp³-hybridized carbons (Fsp3) is 0.333. The Labute approximate surface area is 198 Å². The number of hydrogen-bond donors (Lipinski definition) is 3. The molecule has 0 unspecified atom stereocenters. The number of carbonyl (C=O) groups excluding carboxylic acids is 4. The third kappa shape index (κ3) is 3.04. The third-order valence-electron chi connectivity index (χ3n) is 7.25. The average molecular weight is 480 g/mol. The van der Waals surface area contributed by atoms with Crippen LogP contribution < -0.4 is 25.8 Å². The van der Waals surface area contributed by atoms with Crippen LogP contribution in [0.2, 0.25) is 0 Å². The van der Waals surface area contributed by atoms with Gasteiger partial charge in [0.15, 0.2) is 11.5 Å². The van der Waals surface area contributed by atoms with Gasteiger partial charge < -0.3 is 20.5 Å². The summed E-state index contributed by atoms with van der Waals surface area (Å²) in [6.07, 6.45) is 0.102. The van der Waals surface area contributed by atoms with E-state index in [1.807, 2.05) is 0 Å². The van der Waals surface area contributed by atoms with Gasteiger partial charge >= 0.3 is 0 Å². The van der Waals surface area contributed by atoms with Gasteiger partial charge in [0.2, 0.25) is 30.4 Å². The predicted molar refractivity (Wildman–Crippen MR) is 117 cm³/mol. The first-order chi connectivity index (χ1) is 16.8. The molecule has 4 heterocycles. The van der Waals surface area contributed by atoms with E-state index in [4.69, 9.17) is 15.2 Å². The Hall–Kier alpha value is -3.99. The van der Waals surface area contributed by atoms with Crippen LogP contribution in [-0.4, -0.2) is 41.4 Å². The van der Waals surface area contributed by atoms with Gasteiger partial charge in [-0.05, 0) is 42.3 Å². The predicted octanol–water partition coefficient (Wildman–Crippen LogP) is 0.740. The zero-order chi connectivity index (χ0) is 24.5. The lowest BCUT2D eigenvalue weighted by molar-refractivity contribution is -0.143. The third-order valence-corrected chi connectivity index (χ3v) is 7.25. The van der Waals surface area contributed by atoms with Crippen LogP contribution in [0.3, 0.4) is 0 Å². The Kier molecular flexibility index (Phi) is 4.62. The Bertz CT molecular complexity index is 1310. The van der Waals surface area contributed by atoms with Crippen molar-refractivity contribution in [3.05, 3.63) is 53.3 Å². The second-order valence-corrected chi connectivity index (χ2v) is 9.16. The summed E-state index contributed by atoms with van der Waals surface area (Å²) in [6, 6.07) is 8.28. The minimum atomic E-state index is -1.64. The van der Waals surface area contributed by atoms with Crippen molar-refractivity contribution in [1.82, 2.24) is 10.2 Å². The number of benzene rings is 2. The molecule has 10 nitrogen and oxygen atoms in total. The Morgan fingerprint density at radius 1 is 1.11 bits per heavy atom. The minimum Gasteiger partial charge on any atom is -0.454 e. The normalized spacial score (nSPS) is 28.0.